The lowest BCUT2D eigenvalue weighted by Gasteiger charge is -2.34. The van der Waals surface area contributed by atoms with E-state index >= 15 is 0 Å². The van der Waals surface area contributed by atoms with Crippen LogP contribution in [0.5, 0.6) is 0 Å². The van der Waals surface area contributed by atoms with Gasteiger partial charge in [-0.15, -0.1) is 0 Å². The molecule has 0 spiro atoms. The zero-order valence-corrected chi connectivity index (χ0v) is 31.4. The molecule has 0 atom stereocenters. The van der Waals surface area contributed by atoms with Gasteiger partial charge in [0.2, 0.25) is 0 Å². The first-order valence-electron chi connectivity index (χ1n) is 16.7. The fourth-order valence-electron chi connectivity index (χ4n) is 4.73. The van der Waals surface area contributed by atoms with Crippen LogP contribution in [-0.2, 0) is 89.0 Å². The van der Waals surface area contributed by atoms with Crippen LogP contribution in [0.4, 0.5) is 0 Å². The highest BCUT2D eigenvalue weighted by molar-refractivity contribution is 6.84. The van der Waals surface area contributed by atoms with E-state index in [-0.39, 0.29) is 6.61 Å². The van der Waals surface area contributed by atoms with Gasteiger partial charge in [0.05, 0.1) is 26.2 Å². The molecule has 0 radical (unpaired) electrons. The number of aldehydes is 1. The van der Waals surface area contributed by atoms with Crippen molar-refractivity contribution in [2.45, 2.75) is 135 Å². The molecule has 0 fully saturated rings. The molecule has 294 valence electrons. The molecular weight excluding hydrogens is 700 g/mol. The number of rotatable bonds is 42. The normalized spacial score (nSPS) is 12.3. The van der Waals surface area contributed by atoms with E-state index in [9.17, 15) is 0 Å². The van der Waals surface area contributed by atoms with Crippen molar-refractivity contribution in [3.63, 3.8) is 0 Å². The maximum absolute atomic E-state index is 8.66. The summed E-state index contributed by atoms with van der Waals surface area (Å²) < 4.78 is 18.1. The van der Waals surface area contributed by atoms with Crippen molar-refractivity contribution in [2.24, 2.45) is 0 Å². The maximum Gasteiger partial charge on any atom is 0.281 e. The van der Waals surface area contributed by atoms with Crippen LogP contribution in [-0.4, -0.2) is 66.0 Å². The van der Waals surface area contributed by atoms with Gasteiger partial charge >= 0.3 is 0 Å². The molecule has 0 aromatic carbocycles. The maximum atomic E-state index is 8.66. The van der Waals surface area contributed by atoms with E-state index in [4.69, 9.17) is 28.5 Å². The molecule has 0 aromatic rings. The van der Waals surface area contributed by atoms with Crippen molar-refractivity contribution in [3.8, 4) is 0 Å². The highest BCUT2D eigenvalue weighted by atomic mass is 28.4. The third kappa shape index (κ3) is 40.0. The first-order valence-corrected chi connectivity index (χ1v) is 23.0. The Labute approximate surface area is 289 Å². The topological polar surface area (TPSA) is 208 Å². The summed E-state index contributed by atoms with van der Waals surface area (Å²) in [6.45, 7) is 11.8. The first kappa shape index (κ1) is 48.3. The molecule has 20 nitrogen and oxygen atoms in total. The van der Waals surface area contributed by atoms with Crippen LogP contribution in [0.2, 0.25) is 38.3 Å². The summed E-state index contributed by atoms with van der Waals surface area (Å²) in [6.07, 6.45) is 19.0. The third-order valence-electron chi connectivity index (χ3n) is 6.78. The lowest BCUT2D eigenvalue weighted by atomic mass is 10.0. The number of carbonyl (C=O) groups excluding carboxylic acids is 1. The quantitative estimate of drug-likeness (QED) is 0.0166. The molecular formula is C27H59O20Si2+. The molecule has 0 rings (SSSR count). The van der Waals surface area contributed by atoms with E-state index in [1.807, 2.05) is 0 Å². The fraction of sp³-hybridized carbons (Fsp3) is 0.963. The highest BCUT2D eigenvalue weighted by Crippen LogP contribution is 2.24. The minimum Gasteiger partial charge on any atom is -0.455 e. The van der Waals surface area contributed by atoms with Gasteiger partial charge in [-0.05, 0) is 134 Å². The van der Waals surface area contributed by atoms with Crippen LogP contribution in [0.15, 0.2) is 0 Å². The minimum absolute atomic E-state index is 0.210. The summed E-state index contributed by atoms with van der Waals surface area (Å²) in [5.74, 6) is 0. The van der Waals surface area contributed by atoms with E-state index in [0.29, 0.717) is 26.2 Å². The van der Waals surface area contributed by atoms with Gasteiger partial charge in [-0.2, -0.15) is 0 Å². The fourth-order valence-corrected chi connectivity index (χ4v) is 13.5. The minimum atomic E-state index is -1.92. The molecule has 0 bridgehead atoms. The molecule has 22 heteroatoms. The number of ether oxygens (including phenoxy) is 2. The van der Waals surface area contributed by atoms with Gasteiger partial charge in [0.15, 0.2) is 16.6 Å². The van der Waals surface area contributed by atoms with Crippen molar-refractivity contribution in [1.82, 2.24) is 0 Å². The van der Waals surface area contributed by atoms with Gasteiger partial charge in [-0.3, -0.25) is 4.79 Å². The van der Waals surface area contributed by atoms with Crippen molar-refractivity contribution >= 4 is 22.9 Å². The average molecular weight is 760 g/mol. The summed E-state index contributed by atoms with van der Waals surface area (Å²) in [4.78, 5) is 13.5. The molecule has 0 aromatic heterocycles. The highest BCUT2D eigenvalue weighted by Gasteiger charge is 2.32. The standard InChI is InChI=1S/C27H58O20Si2/c1-48(2,26-18-22-31-25-24-30-21-17-15-13-11-9-7-5-6-8-10-12-14-16-20-28)47-49(3,4)27-19-23-32-34-36-38-40-42-44-46-45-43-41-39-37-35-33-29/h20,29H,5-19,21-27H2,1-4H3/p+1. The molecule has 0 aliphatic carbocycles. The summed E-state index contributed by atoms with van der Waals surface area (Å²) in [6, 6.07) is 1.87. The summed E-state index contributed by atoms with van der Waals surface area (Å²) >= 11 is 0. The van der Waals surface area contributed by atoms with Crippen LogP contribution in [0.25, 0.3) is 0 Å². The molecule has 0 heterocycles. The van der Waals surface area contributed by atoms with Crippen molar-refractivity contribution in [1.29, 1.82) is 0 Å². The number of hydrogen-bond acceptors (Lipinski definition) is 19. The van der Waals surface area contributed by atoms with Crippen molar-refractivity contribution in [2.75, 3.05) is 33.0 Å². The van der Waals surface area contributed by atoms with Gasteiger partial charge in [0.25, 0.3) is 6.29 Å². The Balaban J connectivity index is 3.47. The van der Waals surface area contributed by atoms with Crippen molar-refractivity contribution < 1.29 is 99.1 Å². The van der Waals surface area contributed by atoms with E-state index in [1.54, 1.807) is 0 Å². The van der Waals surface area contributed by atoms with Crippen LogP contribution in [0, 0.1) is 0 Å². The van der Waals surface area contributed by atoms with Crippen LogP contribution in [0.3, 0.4) is 0 Å². The molecule has 0 amide bonds. The largest absolute Gasteiger partial charge is 0.455 e. The monoisotopic (exact) mass is 759 g/mol. The van der Waals surface area contributed by atoms with E-state index < -0.39 is 16.6 Å². The second kappa shape index (κ2) is 37.1. The SMILES string of the molecule is C[Si](C)(CCCOCCOCCCCCCCCCCCCCCC=[OH+])O[Si](C)(C)CCCOOOOOOOOOOOOOOOO. The third-order valence-corrected chi connectivity index (χ3v) is 14.3. The Morgan fingerprint density at radius 3 is 1.24 bits per heavy atom. The molecule has 49 heavy (non-hydrogen) atoms. The molecule has 0 aliphatic heterocycles. The smallest absolute Gasteiger partial charge is 0.281 e. The summed E-state index contributed by atoms with van der Waals surface area (Å²) in [5, 5.41) is 58.9. The van der Waals surface area contributed by atoms with Crippen LogP contribution < -0.4 is 0 Å². The van der Waals surface area contributed by atoms with Gasteiger partial charge < -0.3 is 13.6 Å². The molecule has 2 N–H and O–H groups in total. The van der Waals surface area contributed by atoms with Gasteiger partial charge in [-0.1, -0.05) is 64.2 Å². The predicted octanol–water partition coefficient (Wildman–Crippen LogP) is 7.00. The molecule has 0 aliphatic rings. The Kier molecular flexibility index (Phi) is 36.6. The predicted molar refractivity (Wildman–Crippen MR) is 168 cm³/mol. The van der Waals surface area contributed by atoms with Crippen LogP contribution >= 0.6 is 0 Å². The Morgan fingerprint density at radius 2 is 0.796 bits per heavy atom. The van der Waals surface area contributed by atoms with E-state index in [2.05, 4.69) is 96.7 Å². The van der Waals surface area contributed by atoms with Gasteiger partial charge in [0, 0.05) is 13.2 Å². The lowest BCUT2D eigenvalue weighted by molar-refractivity contribution is -0.883. The summed E-state index contributed by atoms with van der Waals surface area (Å²) in [5.41, 5.74) is 0. The van der Waals surface area contributed by atoms with Crippen LogP contribution in [0.1, 0.15) is 96.3 Å². The first-order chi connectivity index (χ1) is 23.8. The van der Waals surface area contributed by atoms with E-state index in [0.717, 1.165) is 44.4 Å². The van der Waals surface area contributed by atoms with Gasteiger partial charge in [-0.25, -0.2) is 10.1 Å². The zero-order chi connectivity index (χ0) is 36.0. The van der Waals surface area contributed by atoms with E-state index in [1.165, 1.54) is 70.5 Å². The molecule has 0 saturated heterocycles. The Morgan fingerprint density at radius 1 is 0.429 bits per heavy atom. The second-order valence-electron chi connectivity index (χ2n) is 12.0. The average Bonchev–Trinajstić information content (AvgIpc) is 3.06. The lowest BCUT2D eigenvalue weighted by Crippen LogP contribution is -2.44. The molecule has 0 saturated carbocycles. The number of hydrogen-bond donors (Lipinski definition) is 1. The Bertz CT molecular complexity index is 684. The number of unbranched alkanes of at least 4 members (excludes halogenated alkanes) is 12. The molecule has 0 unspecified atom stereocenters. The van der Waals surface area contributed by atoms with Crippen molar-refractivity contribution in [3.05, 3.63) is 0 Å². The Hall–Kier alpha value is -0.656. The summed E-state index contributed by atoms with van der Waals surface area (Å²) in [7, 11) is -3.77. The second-order valence-corrected chi connectivity index (χ2v) is 20.9. The van der Waals surface area contributed by atoms with Gasteiger partial charge in [0.1, 0.15) is 0 Å². The zero-order valence-electron chi connectivity index (χ0n) is 29.4.